The first-order chi connectivity index (χ1) is 7.67. The molecule has 17 heavy (non-hydrogen) atoms. The van der Waals surface area contributed by atoms with Gasteiger partial charge in [-0.1, -0.05) is 5.16 Å². The molecule has 1 heterocycles. The van der Waals surface area contributed by atoms with Crippen molar-refractivity contribution in [2.24, 2.45) is 12.2 Å². The maximum Gasteiger partial charge on any atom is 0.311 e. The molecule has 0 bridgehead atoms. The molecule has 0 N–H and O–H groups in total. The van der Waals surface area contributed by atoms with Crippen LogP contribution in [0.3, 0.4) is 0 Å². The van der Waals surface area contributed by atoms with Gasteiger partial charge in [-0.25, -0.2) is 4.57 Å². The van der Waals surface area contributed by atoms with Crippen LogP contribution in [0.1, 0.15) is 12.0 Å². The number of hydrogen-bond donors (Lipinski definition) is 0. The number of carbonyl (C=O) groups excluding carboxylic acids is 1. The summed E-state index contributed by atoms with van der Waals surface area (Å²) >= 11 is 0. The summed E-state index contributed by atoms with van der Waals surface area (Å²) in [6.45, 7) is 0. The molecule has 0 atom stereocenters. The molecule has 0 saturated heterocycles. The number of oxime groups is 1. The van der Waals surface area contributed by atoms with Crippen LogP contribution in [0.4, 0.5) is 0 Å². The van der Waals surface area contributed by atoms with Crippen molar-refractivity contribution in [2.45, 2.75) is 6.42 Å². The van der Waals surface area contributed by atoms with E-state index >= 15 is 0 Å². The van der Waals surface area contributed by atoms with E-state index in [1.807, 2.05) is 36.1 Å². The van der Waals surface area contributed by atoms with Gasteiger partial charge >= 0.3 is 5.97 Å². The van der Waals surface area contributed by atoms with E-state index in [4.69, 9.17) is 4.84 Å². The third-order valence-corrected chi connectivity index (χ3v) is 2.01. The average molecular weight is 350 g/mol. The van der Waals surface area contributed by atoms with Gasteiger partial charge in [-0.15, -0.1) is 0 Å². The van der Waals surface area contributed by atoms with Crippen molar-refractivity contribution in [1.82, 2.24) is 0 Å². The molecule has 0 aliphatic carbocycles. The third-order valence-electron chi connectivity index (χ3n) is 2.01. The molecule has 6 heteroatoms. The molecular weight excluding hydrogens is 335 g/mol. The standard InChI is InChI=1S/C11H15N2O3.HI/c1-13-6-4-5-9(8-13)10(12-16-3)7-11(14)15-2;/h4-6,8H,7H2,1-3H3;1H/q+1;/p-1/b12-10+;. The SMILES string of the molecule is CO/N=C(\CC(=O)OC)c1ccc[n+](C)c1.[I-]. The number of methoxy groups -OCH3 is 1. The van der Waals surface area contributed by atoms with Gasteiger partial charge in [0.2, 0.25) is 0 Å². The first kappa shape index (κ1) is 15.8. The van der Waals surface area contributed by atoms with E-state index in [2.05, 4.69) is 9.89 Å². The smallest absolute Gasteiger partial charge is 0.311 e. The predicted molar refractivity (Wildman–Crippen MR) is 57.8 cm³/mol. The molecule has 0 amide bonds. The molecular formula is C11H15IN2O3. The normalized spacial score (nSPS) is 10.4. The van der Waals surface area contributed by atoms with Crippen LogP contribution in [0.2, 0.25) is 0 Å². The maximum atomic E-state index is 11.2. The van der Waals surface area contributed by atoms with Crippen LogP contribution in [0.5, 0.6) is 0 Å². The monoisotopic (exact) mass is 350 g/mol. The Bertz CT molecular complexity index is 407. The first-order valence-corrected chi connectivity index (χ1v) is 4.80. The first-order valence-electron chi connectivity index (χ1n) is 4.80. The zero-order valence-electron chi connectivity index (χ0n) is 10.0. The minimum absolute atomic E-state index is 0. The summed E-state index contributed by atoms with van der Waals surface area (Å²) in [5.41, 5.74) is 1.38. The zero-order chi connectivity index (χ0) is 12.0. The van der Waals surface area contributed by atoms with Crippen molar-refractivity contribution in [3.05, 3.63) is 30.1 Å². The Hall–Kier alpha value is -1.18. The van der Waals surface area contributed by atoms with Crippen molar-refractivity contribution in [1.29, 1.82) is 0 Å². The van der Waals surface area contributed by atoms with Gasteiger partial charge in [-0.2, -0.15) is 0 Å². The van der Waals surface area contributed by atoms with E-state index in [0.29, 0.717) is 5.71 Å². The van der Waals surface area contributed by atoms with Crippen LogP contribution in [-0.4, -0.2) is 25.9 Å². The molecule has 1 aromatic heterocycles. The number of aryl methyl sites for hydroxylation is 1. The maximum absolute atomic E-state index is 11.2. The second-order valence-corrected chi connectivity index (χ2v) is 3.23. The van der Waals surface area contributed by atoms with E-state index in [0.717, 1.165) is 5.56 Å². The van der Waals surface area contributed by atoms with E-state index in [9.17, 15) is 4.79 Å². The van der Waals surface area contributed by atoms with Crippen molar-refractivity contribution >= 4 is 11.7 Å². The van der Waals surface area contributed by atoms with E-state index in [-0.39, 0.29) is 36.4 Å². The zero-order valence-corrected chi connectivity index (χ0v) is 12.2. The van der Waals surface area contributed by atoms with Crippen LogP contribution in [0.25, 0.3) is 0 Å². The van der Waals surface area contributed by atoms with Gasteiger partial charge in [0.15, 0.2) is 12.4 Å². The third kappa shape index (κ3) is 5.12. The number of nitrogens with zero attached hydrogens (tertiary/aromatic N) is 2. The molecule has 5 nitrogen and oxygen atoms in total. The lowest BCUT2D eigenvalue weighted by atomic mass is 10.1. The summed E-state index contributed by atoms with van der Waals surface area (Å²) in [7, 11) is 4.68. The molecule has 94 valence electrons. The molecule has 1 rings (SSSR count). The number of aromatic nitrogens is 1. The fourth-order valence-electron chi connectivity index (χ4n) is 1.26. The molecule has 0 spiro atoms. The summed E-state index contributed by atoms with van der Waals surface area (Å²) in [4.78, 5) is 15.9. The second kappa shape index (κ2) is 7.99. The number of ether oxygens (including phenoxy) is 1. The topological polar surface area (TPSA) is 51.8 Å². The number of carbonyl (C=O) groups is 1. The Kier molecular flexibility index (Phi) is 7.44. The summed E-state index contributed by atoms with van der Waals surface area (Å²) in [5.74, 6) is -0.345. The van der Waals surface area contributed by atoms with Crippen LogP contribution in [-0.2, 0) is 21.4 Å². The molecule has 0 saturated carbocycles. The Morgan fingerprint density at radius 3 is 2.71 bits per heavy atom. The van der Waals surface area contributed by atoms with Crippen LogP contribution >= 0.6 is 0 Å². The second-order valence-electron chi connectivity index (χ2n) is 3.23. The molecule has 0 aromatic carbocycles. The molecule has 0 aliphatic heterocycles. The van der Waals surface area contributed by atoms with Gasteiger partial charge < -0.3 is 33.6 Å². The minimum Gasteiger partial charge on any atom is -1.00 e. The van der Waals surface area contributed by atoms with Crippen LogP contribution in [0, 0.1) is 0 Å². The average Bonchev–Trinajstić information content (AvgIpc) is 2.28. The number of rotatable bonds is 4. The Labute approximate surface area is 117 Å². The molecule has 0 unspecified atom stereocenters. The summed E-state index contributed by atoms with van der Waals surface area (Å²) in [6.07, 6.45) is 3.85. The number of halogens is 1. The lowest BCUT2D eigenvalue weighted by molar-refractivity contribution is -0.671. The number of pyridine rings is 1. The Morgan fingerprint density at radius 1 is 1.47 bits per heavy atom. The highest BCUT2D eigenvalue weighted by Gasteiger charge is 2.13. The quantitative estimate of drug-likeness (QED) is 0.197. The fraction of sp³-hybridized carbons (Fsp3) is 0.364. The van der Waals surface area contributed by atoms with Gasteiger partial charge in [-0.3, -0.25) is 4.79 Å². The lowest BCUT2D eigenvalue weighted by Gasteiger charge is -2.03. The van der Waals surface area contributed by atoms with Crippen molar-refractivity contribution < 1.29 is 42.9 Å². The van der Waals surface area contributed by atoms with Gasteiger partial charge in [0.05, 0.1) is 19.1 Å². The summed E-state index contributed by atoms with van der Waals surface area (Å²) in [6, 6.07) is 3.73. The number of esters is 1. The molecule has 0 aliphatic rings. The predicted octanol–water partition coefficient (Wildman–Crippen LogP) is -2.57. The van der Waals surface area contributed by atoms with Gasteiger partial charge in [-0.05, 0) is 6.07 Å². The van der Waals surface area contributed by atoms with E-state index in [1.54, 1.807) is 0 Å². The summed E-state index contributed by atoms with van der Waals surface area (Å²) < 4.78 is 6.47. The Balaban J connectivity index is 0.00000256. The highest BCUT2D eigenvalue weighted by atomic mass is 127. The van der Waals surface area contributed by atoms with E-state index < -0.39 is 0 Å². The lowest BCUT2D eigenvalue weighted by Crippen LogP contribution is -3.00. The van der Waals surface area contributed by atoms with E-state index in [1.165, 1.54) is 14.2 Å². The fourth-order valence-corrected chi connectivity index (χ4v) is 1.26. The molecule has 1 aromatic rings. The van der Waals surface area contributed by atoms with Crippen molar-refractivity contribution in [3.63, 3.8) is 0 Å². The highest BCUT2D eigenvalue weighted by molar-refractivity contribution is 6.08. The molecule has 0 fully saturated rings. The van der Waals surface area contributed by atoms with Gasteiger partial charge in [0.25, 0.3) is 0 Å². The highest BCUT2D eigenvalue weighted by Crippen LogP contribution is 2.03. The largest absolute Gasteiger partial charge is 1.00 e. The number of hydrogen-bond acceptors (Lipinski definition) is 4. The van der Waals surface area contributed by atoms with Crippen LogP contribution in [0.15, 0.2) is 29.7 Å². The van der Waals surface area contributed by atoms with Crippen molar-refractivity contribution in [3.8, 4) is 0 Å². The minimum atomic E-state index is -0.345. The van der Waals surface area contributed by atoms with Crippen molar-refractivity contribution in [2.75, 3.05) is 14.2 Å². The van der Waals surface area contributed by atoms with Gasteiger partial charge in [0.1, 0.15) is 19.9 Å². The Morgan fingerprint density at radius 2 is 2.18 bits per heavy atom. The van der Waals surface area contributed by atoms with Crippen LogP contribution < -0.4 is 28.5 Å². The van der Waals surface area contributed by atoms with Gasteiger partial charge in [0, 0.05) is 6.07 Å². The summed E-state index contributed by atoms with van der Waals surface area (Å²) in [5, 5.41) is 3.83. The molecule has 0 radical (unpaired) electrons.